The van der Waals surface area contributed by atoms with Crippen LogP contribution < -0.4 is 10.6 Å². The second kappa shape index (κ2) is 13.8. The highest BCUT2D eigenvalue weighted by Crippen LogP contribution is 1.92. The van der Waals surface area contributed by atoms with Crippen LogP contribution in [0.15, 0.2) is 0 Å². The zero-order valence-corrected chi connectivity index (χ0v) is 13.1. The van der Waals surface area contributed by atoms with E-state index in [-0.39, 0.29) is 31.4 Å². The van der Waals surface area contributed by atoms with Crippen LogP contribution in [0.4, 0.5) is 0 Å². The topological polar surface area (TPSA) is 87.7 Å². The fraction of sp³-hybridized carbons (Fsp3) is 0.769. The average Bonchev–Trinajstić information content (AvgIpc) is 2.46. The van der Waals surface area contributed by atoms with Gasteiger partial charge in [-0.15, -0.1) is 0 Å². The minimum atomic E-state index is -0.521. The lowest BCUT2D eigenvalue weighted by molar-refractivity contribution is -0.141. The molecular formula is C13H27N3O4. The molecule has 20 heavy (non-hydrogen) atoms. The maximum absolute atomic E-state index is 11.7. The van der Waals surface area contributed by atoms with E-state index in [4.69, 9.17) is 0 Å². The fourth-order valence-electron chi connectivity index (χ4n) is 1.30. The van der Waals surface area contributed by atoms with E-state index < -0.39 is 5.97 Å². The van der Waals surface area contributed by atoms with E-state index >= 15 is 0 Å². The molecule has 0 saturated carbocycles. The van der Waals surface area contributed by atoms with E-state index in [2.05, 4.69) is 15.4 Å². The maximum atomic E-state index is 11.7. The molecule has 0 unspecified atom stereocenters. The molecule has 0 aliphatic rings. The van der Waals surface area contributed by atoms with E-state index in [0.29, 0.717) is 6.54 Å². The van der Waals surface area contributed by atoms with Gasteiger partial charge in [0.25, 0.3) is 0 Å². The summed E-state index contributed by atoms with van der Waals surface area (Å²) >= 11 is 0. The van der Waals surface area contributed by atoms with E-state index in [1.807, 2.05) is 20.8 Å². The number of amides is 2. The van der Waals surface area contributed by atoms with Crippen LogP contribution in [0.5, 0.6) is 0 Å². The van der Waals surface area contributed by atoms with Gasteiger partial charge in [0.1, 0.15) is 6.54 Å². The Hall–Kier alpha value is -1.63. The third-order valence-electron chi connectivity index (χ3n) is 2.17. The van der Waals surface area contributed by atoms with Crippen LogP contribution >= 0.6 is 0 Å². The number of carbonyl (C=O) groups excluding carboxylic acids is 3. The molecule has 2 amide bonds. The number of likely N-dealkylation sites (N-methyl/N-ethyl adjacent to an activating group) is 1. The number of ether oxygens (including phenoxy) is 1. The van der Waals surface area contributed by atoms with E-state index in [1.165, 1.54) is 12.0 Å². The second-order valence-electron chi connectivity index (χ2n) is 3.70. The lowest BCUT2D eigenvalue weighted by Crippen LogP contribution is -2.45. The summed E-state index contributed by atoms with van der Waals surface area (Å²) < 4.78 is 4.39. The van der Waals surface area contributed by atoms with Crippen molar-refractivity contribution in [1.82, 2.24) is 15.5 Å². The van der Waals surface area contributed by atoms with Crippen LogP contribution in [0.3, 0.4) is 0 Å². The van der Waals surface area contributed by atoms with Crippen molar-refractivity contribution >= 4 is 17.8 Å². The lowest BCUT2D eigenvalue weighted by atomic mass is 10.3. The quantitative estimate of drug-likeness (QED) is 0.602. The standard InChI is InChI=1S/C11H21N3O4.C2H6/c1-4-5-14(10(16)6-12-2)8-9(15)13-7-11(17)18-3;1-2/h12H,4-8H2,1-3H3,(H,13,15);1-2H3. The lowest BCUT2D eigenvalue weighted by Gasteiger charge is -2.21. The van der Waals surface area contributed by atoms with Crippen LogP contribution in [0, 0.1) is 0 Å². The summed E-state index contributed by atoms with van der Waals surface area (Å²) in [6.45, 7) is 6.38. The van der Waals surface area contributed by atoms with Gasteiger partial charge in [-0.25, -0.2) is 0 Å². The van der Waals surface area contributed by atoms with Crippen molar-refractivity contribution < 1.29 is 19.1 Å². The Morgan fingerprint density at radius 3 is 2.20 bits per heavy atom. The summed E-state index contributed by atoms with van der Waals surface area (Å²) in [6.07, 6.45) is 0.764. The van der Waals surface area contributed by atoms with Crippen molar-refractivity contribution in [2.75, 3.05) is 40.3 Å². The summed E-state index contributed by atoms with van der Waals surface area (Å²) in [4.78, 5) is 35.5. The number of carbonyl (C=O) groups is 3. The first-order chi connectivity index (χ1) is 9.54. The Balaban J connectivity index is 0. The first kappa shape index (κ1) is 20.7. The van der Waals surface area contributed by atoms with Crippen molar-refractivity contribution in [3.05, 3.63) is 0 Å². The molecule has 0 aromatic heterocycles. The third-order valence-corrected chi connectivity index (χ3v) is 2.17. The van der Waals surface area contributed by atoms with Crippen molar-refractivity contribution in [3.63, 3.8) is 0 Å². The first-order valence-corrected chi connectivity index (χ1v) is 6.81. The van der Waals surface area contributed by atoms with Gasteiger partial charge in [-0.1, -0.05) is 20.8 Å². The van der Waals surface area contributed by atoms with E-state index in [9.17, 15) is 14.4 Å². The summed E-state index contributed by atoms with van der Waals surface area (Å²) in [5.41, 5.74) is 0. The first-order valence-electron chi connectivity index (χ1n) is 6.81. The van der Waals surface area contributed by atoms with Gasteiger partial charge in [0.2, 0.25) is 11.8 Å². The molecule has 0 aromatic rings. The van der Waals surface area contributed by atoms with Gasteiger partial charge in [0.15, 0.2) is 0 Å². The smallest absolute Gasteiger partial charge is 0.325 e. The van der Waals surface area contributed by atoms with Gasteiger partial charge >= 0.3 is 5.97 Å². The molecule has 118 valence electrons. The maximum Gasteiger partial charge on any atom is 0.325 e. The van der Waals surface area contributed by atoms with Crippen LogP contribution in [0.25, 0.3) is 0 Å². The minimum Gasteiger partial charge on any atom is -0.468 e. The Labute approximate surface area is 121 Å². The molecule has 0 spiro atoms. The van der Waals surface area contributed by atoms with Crippen LogP contribution in [0.1, 0.15) is 27.2 Å². The van der Waals surface area contributed by atoms with Crippen molar-refractivity contribution in [2.45, 2.75) is 27.2 Å². The van der Waals surface area contributed by atoms with Crippen LogP contribution in [0.2, 0.25) is 0 Å². The van der Waals surface area contributed by atoms with Gasteiger partial charge in [0, 0.05) is 6.54 Å². The molecule has 0 radical (unpaired) electrons. The summed E-state index contributed by atoms with van der Waals surface area (Å²) in [7, 11) is 2.91. The normalized spacial score (nSPS) is 9.05. The van der Waals surface area contributed by atoms with Crippen LogP contribution in [-0.2, 0) is 19.1 Å². The SMILES string of the molecule is CC.CCCN(CC(=O)NCC(=O)OC)C(=O)CNC. The molecule has 2 N–H and O–H groups in total. The Morgan fingerprint density at radius 1 is 1.15 bits per heavy atom. The number of methoxy groups -OCH3 is 1. The van der Waals surface area contributed by atoms with Gasteiger partial charge in [-0.2, -0.15) is 0 Å². The number of rotatable bonds is 8. The Kier molecular flexibility index (Phi) is 14.3. The second-order valence-corrected chi connectivity index (χ2v) is 3.70. The van der Waals surface area contributed by atoms with Crippen LogP contribution in [-0.4, -0.2) is 63.0 Å². The Bertz CT molecular complexity index is 295. The predicted octanol–water partition coefficient (Wildman–Crippen LogP) is -0.240. The largest absolute Gasteiger partial charge is 0.468 e. The third kappa shape index (κ3) is 10.3. The molecule has 0 bridgehead atoms. The molecule has 7 nitrogen and oxygen atoms in total. The fourth-order valence-corrected chi connectivity index (χ4v) is 1.30. The molecule has 0 saturated heterocycles. The van der Waals surface area contributed by atoms with Gasteiger partial charge in [0.05, 0.1) is 20.2 Å². The van der Waals surface area contributed by atoms with Crippen molar-refractivity contribution in [1.29, 1.82) is 0 Å². The van der Waals surface area contributed by atoms with Gasteiger partial charge in [-0.3, -0.25) is 14.4 Å². The zero-order chi connectivity index (χ0) is 16.0. The minimum absolute atomic E-state index is 0.0503. The average molecular weight is 289 g/mol. The van der Waals surface area contributed by atoms with Gasteiger partial charge < -0.3 is 20.3 Å². The molecular weight excluding hydrogens is 262 g/mol. The number of nitrogens with zero attached hydrogens (tertiary/aromatic N) is 1. The van der Waals surface area contributed by atoms with Gasteiger partial charge in [-0.05, 0) is 13.5 Å². The molecule has 0 heterocycles. The molecule has 0 rings (SSSR count). The monoisotopic (exact) mass is 289 g/mol. The summed E-state index contributed by atoms with van der Waals surface area (Å²) in [5.74, 6) is -1.04. The molecule has 0 aliphatic heterocycles. The molecule has 7 heteroatoms. The highest BCUT2D eigenvalue weighted by Gasteiger charge is 2.15. The molecule has 0 aliphatic carbocycles. The Morgan fingerprint density at radius 2 is 1.75 bits per heavy atom. The molecule has 0 fully saturated rings. The van der Waals surface area contributed by atoms with E-state index in [1.54, 1.807) is 7.05 Å². The van der Waals surface area contributed by atoms with Crippen molar-refractivity contribution in [3.8, 4) is 0 Å². The summed E-state index contributed by atoms with van der Waals surface area (Å²) in [6, 6.07) is 0. The molecule has 0 aromatic carbocycles. The molecule has 0 atom stereocenters. The number of hydrogen-bond acceptors (Lipinski definition) is 5. The number of hydrogen-bond donors (Lipinski definition) is 2. The highest BCUT2D eigenvalue weighted by molar-refractivity contribution is 5.87. The number of esters is 1. The summed E-state index contributed by atoms with van der Waals surface area (Å²) in [5, 5.41) is 5.13. The number of nitrogens with one attached hydrogen (secondary N) is 2. The predicted molar refractivity (Wildman–Crippen MR) is 77.2 cm³/mol. The zero-order valence-electron chi connectivity index (χ0n) is 13.1. The highest BCUT2D eigenvalue weighted by atomic mass is 16.5. The van der Waals surface area contributed by atoms with Crippen molar-refractivity contribution in [2.24, 2.45) is 0 Å². The van der Waals surface area contributed by atoms with E-state index in [0.717, 1.165) is 6.42 Å².